The number of nitrogens with zero attached hydrogens (tertiary/aromatic N) is 2. The summed E-state index contributed by atoms with van der Waals surface area (Å²) in [5, 5.41) is 2.07. The van der Waals surface area contributed by atoms with Crippen molar-refractivity contribution in [3.63, 3.8) is 0 Å². The number of hydrazine groups is 1. The van der Waals surface area contributed by atoms with Gasteiger partial charge in [-0.2, -0.15) is 5.01 Å². The highest BCUT2D eigenvalue weighted by Gasteiger charge is 2.67. The number of halogens is 5. The molecule has 8 nitrogen and oxygen atoms in total. The van der Waals surface area contributed by atoms with Gasteiger partial charge in [0.05, 0.1) is 27.4 Å². The number of hydrogen-bond acceptors (Lipinski definition) is 6. The summed E-state index contributed by atoms with van der Waals surface area (Å²) >= 11 is 22.9. The maximum Gasteiger partial charge on any atom is 0.343 e. The minimum Gasteiger partial charge on any atom is -0.423 e. The van der Waals surface area contributed by atoms with Gasteiger partial charge in [-0.25, -0.2) is 9.80 Å². The van der Waals surface area contributed by atoms with E-state index in [1.807, 2.05) is 0 Å². The van der Waals surface area contributed by atoms with Gasteiger partial charge in [0.2, 0.25) is 0 Å². The molecule has 0 spiro atoms. The molecule has 0 unspecified atom stereocenters. The SMILES string of the molecule is O=C(CN(C(=O)c1ccc(Cl)c(Cl)c1)N1C(=O)[C@@H]2[C@H]3C[C@@H]([C@@H](Br)[C@H]3Br)[C@H]2C1=O)c1ccc(OC(=O)c2ccc(Br)cc2)cc1. The van der Waals surface area contributed by atoms with Crippen LogP contribution in [0.25, 0.3) is 0 Å². The zero-order chi connectivity index (χ0) is 31.4. The fraction of sp³-hybridized carbons (Fsp3) is 0.258. The van der Waals surface area contributed by atoms with Crippen LogP contribution in [0.3, 0.4) is 0 Å². The number of Topliss-reactive ketones (excluding diaryl/α,β-unsaturated/α-hetero) is 1. The molecule has 2 aliphatic carbocycles. The molecular formula is C31H21Br3Cl2N2O6. The Morgan fingerprint density at radius 1 is 0.795 bits per heavy atom. The fourth-order valence-corrected chi connectivity index (χ4v) is 8.71. The first kappa shape index (κ1) is 31.4. The Balaban J connectivity index is 1.26. The molecular weight excluding hydrogens is 807 g/mol. The summed E-state index contributed by atoms with van der Waals surface area (Å²) in [7, 11) is 0. The van der Waals surface area contributed by atoms with E-state index in [9.17, 15) is 24.0 Å². The van der Waals surface area contributed by atoms with E-state index in [2.05, 4.69) is 47.8 Å². The first-order valence-electron chi connectivity index (χ1n) is 13.5. The highest BCUT2D eigenvalue weighted by Crippen LogP contribution is 2.60. The number of carbonyl (C=O) groups is 5. The Bertz CT molecular complexity index is 1670. The number of fused-ring (bicyclic) bond motifs is 5. The first-order valence-corrected chi connectivity index (χ1v) is 16.9. The molecule has 6 rings (SSSR count). The molecule has 226 valence electrons. The molecule has 1 aliphatic heterocycles. The van der Waals surface area contributed by atoms with E-state index < -0.39 is 47.9 Å². The van der Waals surface area contributed by atoms with Crippen LogP contribution < -0.4 is 4.74 Å². The van der Waals surface area contributed by atoms with E-state index in [-0.39, 0.29) is 48.4 Å². The van der Waals surface area contributed by atoms with Gasteiger partial charge in [0.25, 0.3) is 17.7 Å². The highest BCUT2D eigenvalue weighted by molar-refractivity contribution is 9.12. The zero-order valence-electron chi connectivity index (χ0n) is 22.5. The average Bonchev–Trinajstić information content (AvgIpc) is 3.62. The predicted molar refractivity (Wildman–Crippen MR) is 173 cm³/mol. The number of rotatable bonds is 7. The molecule has 0 aromatic heterocycles. The highest BCUT2D eigenvalue weighted by atomic mass is 79.9. The van der Waals surface area contributed by atoms with Crippen molar-refractivity contribution in [1.82, 2.24) is 10.0 Å². The maximum atomic E-state index is 13.9. The van der Waals surface area contributed by atoms with Gasteiger partial charge < -0.3 is 4.74 Å². The fourth-order valence-electron chi connectivity index (χ4n) is 6.27. The van der Waals surface area contributed by atoms with E-state index in [4.69, 9.17) is 27.9 Å². The lowest BCUT2D eigenvalue weighted by Crippen LogP contribution is -2.52. The van der Waals surface area contributed by atoms with Crippen LogP contribution in [0.5, 0.6) is 5.75 Å². The normalized spacial score (nSPS) is 25.2. The van der Waals surface area contributed by atoms with Crippen LogP contribution >= 0.6 is 71.0 Å². The minimum absolute atomic E-state index is 0.00249. The van der Waals surface area contributed by atoms with Gasteiger partial charge in [-0.3, -0.25) is 19.2 Å². The van der Waals surface area contributed by atoms with Gasteiger partial charge in [0.15, 0.2) is 5.78 Å². The number of ketones is 1. The number of benzene rings is 3. The lowest BCUT2D eigenvalue weighted by molar-refractivity contribution is -0.154. The Morgan fingerprint density at radius 2 is 1.34 bits per heavy atom. The topological polar surface area (TPSA) is 101 Å². The van der Waals surface area contributed by atoms with Crippen LogP contribution in [0.2, 0.25) is 10.0 Å². The van der Waals surface area contributed by atoms with Gasteiger partial charge in [-0.15, -0.1) is 0 Å². The number of ether oxygens (including phenoxy) is 1. The van der Waals surface area contributed by atoms with Crippen LogP contribution in [-0.4, -0.2) is 55.7 Å². The average molecular weight is 828 g/mol. The molecule has 0 radical (unpaired) electrons. The molecule has 0 N–H and O–H groups in total. The third-order valence-electron chi connectivity index (χ3n) is 8.37. The molecule has 3 aromatic rings. The van der Waals surface area contributed by atoms with Crippen LogP contribution in [0.15, 0.2) is 71.2 Å². The van der Waals surface area contributed by atoms with Crippen molar-refractivity contribution in [1.29, 1.82) is 0 Å². The van der Waals surface area contributed by atoms with Crippen LogP contribution in [-0.2, 0) is 9.59 Å². The molecule has 3 fully saturated rings. The van der Waals surface area contributed by atoms with Crippen molar-refractivity contribution in [2.24, 2.45) is 23.7 Å². The number of carbonyl (C=O) groups excluding carboxylic acids is 5. The molecule has 3 aromatic carbocycles. The third kappa shape index (κ3) is 5.55. The van der Waals surface area contributed by atoms with Crippen molar-refractivity contribution >= 4 is 100 Å². The second-order valence-electron chi connectivity index (χ2n) is 10.8. The number of alkyl halides is 2. The zero-order valence-corrected chi connectivity index (χ0v) is 28.7. The Kier molecular flexibility index (Phi) is 8.80. The quantitative estimate of drug-likeness (QED) is 0.0838. The second-order valence-corrected chi connectivity index (χ2v) is 14.7. The largest absolute Gasteiger partial charge is 0.423 e. The Labute approximate surface area is 287 Å². The van der Waals surface area contributed by atoms with Crippen LogP contribution in [0.1, 0.15) is 37.5 Å². The van der Waals surface area contributed by atoms with Crippen molar-refractivity contribution in [2.75, 3.05) is 6.54 Å². The summed E-state index contributed by atoms with van der Waals surface area (Å²) in [6, 6.07) is 16.6. The standard InChI is InChI=1S/C31H21Br3Cl2N2O6/c32-17-6-1-15(2-7-17)31(43)44-18-8-3-14(4-9-18)23(39)13-37(28(40)16-5-10-21(35)22(36)11-16)38-29(41)24-19-12-20(25(24)30(38)42)27(34)26(19)33/h1-11,19-20,24-27H,12-13H2/t19-,20-,24-,25-,26-,27+/m1/s1. The van der Waals surface area contributed by atoms with Gasteiger partial charge in [-0.05, 0) is 85.0 Å². The molecule has 1 saturated heterocycles. The molecule has 2 saturated carbocycles. The summed E-state index contributed by atoms with van der Waals surface area (Å²) in [4.78, 5) is 67.5. The summed E-state index contributed by atoms with van der Waals surface area (Å²) in [6.45, 7) is -0.598. The molecule has 13 heteroatoms. The van der Waals surface area contributed by atoms with Crippen molar-refractivity contribution < 1.29 is 28.7 Å². The number of esters is 1. The van der Waals surface area contributed by atoms with Crippen molar-refractivity contribution in [3.8, 4) is 5.75 Å². The Hall–Kier alpha value is -2.57. The van der Waals surface area contributed by atoms with Gasteiger partial charge >= 0.3 is 5.97 Å². The van der Waals surface area contributed by atoms with E-state index in [1.54, 1.807) is 24.3 Å². The lowest BCUT2D eigenvalue weighted by atomic mass is 9.81. The lowest BCUT2D eigenvalue weighted by Gasteiger charge is -2.31. The second kappa shape index (κ2) is 12.3. The molecule has 44 heavy (non-hydrogen) atoms. The van der Waals surface area contributed by atoms with Gasteiger partial charge in [0, 0.05) is 25.3 Å². The molecule has 3 amide bonds. The van der Waals surface area contributed by atoms with Crippen molar-refractivity contribution in [2.45, 2.75) is 16.1 Å². The molecule has 3 aliphatic rings. The van der Waals surface area contributed by atoms with Crippen LogP contribution in [0, 0.1) is 23.7 Å². The smallest absolute Gasteiger partial charge is 0.343 e. The van der Waals surface area contributed by atoms with E-state index in [0.717, 1.165) is 14.5 Å². The minimum atomic E-state index is -0.753. The maximum absolute atomic E-state index is 13.9. The van der Waals surface area contributed by atoms with E-state index in [0.29, 0.717) is 12.0 Å². The van der Waals surface area contributed by atoms with Crippen molar-refractivity contribution in [3.05, 3.63) is 97.9 Å². The number of imide groups is 1. The molecule has 2 bridgehead atoms. The van der Waals surface area contributed by atoms with Gasteiger partial charge in [-0.1, -0.05) is 71.0 Å². The monoisotopic (exact) mass is 824 g/mol. The summed E-state index contributed by atoms with van der Waals surface area (Å²) in [6.07, 6.45) is 0.713. The number of amides is 3. The molecule has 1 heterocycles. The number of hydrogen-bond donors (Lipinski definition) is 0. The summed E-state index contributed by atoms with van der Waals surface area (Å²) in [5.74, 6) is -4.02. The third-order valence-corrected chi connectivity index (χ3v) is 12.8. The Morgan fingerprint density at radius 3 is 1.91 bits per heavy atom. The molecule has 6 atom stereocenters. The summed E-state index contributed by atoms with van der Waals surface area (Å²) < 4.78 is 6.23. The first-order chi connectivity index (χ1) is 21.0. The van der Waals surface area contributed by atoms with E-state index in [1.165, 1.54) is 42.5 Å². The van der Waals surface area contributed by atoms with Crippen LogP contribution in [0.4, 0.5) is 0 Å². The predicted octanol–water partition coefficient (Wildman–Crippen LogP) is 6.99. The summed E-state index contributed by atoms with van der Waals surface area (Å²) in [5.41, 5.74) is 0.584. The van der Waals surface area contributed by atoms with E-state index >= 15 is 0 Å². The van der Waals surface area contributed by atoms with Gasteiger partial charge in [0.1, 0.15) is 12.3 Å².